The van der Waals surface area contributed by atoms with E-state index >= 15 is 0 Å². The third-order valence-corrected chi connectivity index (χ3v) is 3.89. The van der Waals surface area contributed by atoms with Crippen LogP contribution in [0.5, 0.6) is 0 Å². The normalized spacial score (nSPS) is 18.9. The lowest BCUT2D eigenvalue weighted by molar-refractivity contribution is 0.101. The third-order valence-electron chi connectivity index (χ3n) is 3.89. The van der Waals surface area contributed by atoms with Crippen LogP contribution in [0.2, 0.25) is 0 Å². The molecular formula is C16H23N3O2. The van der Waals surface area contributed by atoms with Gasteiger partial charge in [0, 0.05) is 44.4 Å². The highest BCUT2D eigenvalue weighted by Crippen LogP contribution is 2.28. The molecule has 0 aromatic carbocycles. The average Bonchev–Trinajstić information content (AvgIpc) is 3.01. The molecular weight excluding hydrogens is 266 g/mol. The van der Waals surface area contributed by atoms with Gasteiger partial charge >= 0.3 is 0 Å². The van der Waals surface area contributed by atoms with E-state index in [4.69, 9.17) is 9.15 Å². The Balaban J connectivity index is 1.76. The Hall–Kier alpha value is -1.59. The summed E-state index contributed by atoms with van der Waals surface area (Å²) in [6, 6.07) is 4.08. The molecule has 3 heterocycles. The first-order valence-electron chi connectivity index (χ1n) is 7.53. The first-order valence-corrected chi connectivity index (χ1v) is 7.53. The molecule has 0 saturated heterocycles. The van der Waals surface area contributed by atoms with Crippen molar-refractivity contribution in [2.24, 2.45) is 7.05 Å². The average molecular weight is 289 g/mol. The van der Waals surface area contributed by atoms with E-state index in [1.54, 1.807) is 0 Å². The second-order valence-electron chi connectivity index (χ2n) is 5.75. The Labute approximate surface area is 125 Å². The van der Waals surface area contributed by atoms with Gasteiger partial charge in [-0.1, -0.05) is 0 Å². The lowest BCUT2D eigenvalue weighted by atomic mass is 9.97. The van der Waals surface area contributed by atoms with Gasteiger partial charge in [-0.25, -0.2) is 0 Å². The van der Waals surface area contributed by atoms with Crippen LogP contribution >= 0.6 is 0 Å². The van der Waals surface area contributed by atoms with E-state index < -0.39 is 0 Å². The van der Waals surface area contributed by atoms with Gasteiger partial charge in [0.05, 0.1) is 18.8 Å². The Morgan fingerprint density at radius 1 is 1.43 bits per heavy atom. The lowest BCUT2D eigenvalue weighted by Gasteiger charge is -2.31. The predicted molar refractivity (Wildman–Crippen MR) is 80.0 cm³/mol. The minimum atomic E-state index is 0.339. The van der Waals surface area contributed by atoms with Gasteiger partial charge in [0.15, 0.2) is 0 Å². The van der Waals surface area contributed by atoms with Crippen LogP contribution < -0.4 is 0 Å². The van der Waals surface area contributed by atoms with Gasteiger partial charge in [0.2, 0.25) is 0 Å². The molecule has 0 unspecified atom stereocenters. The number of rotatable bonds is 5. The Morgan fingerprint density at radius 3 is 3.00 bits per heavy atom. The monoisotopic (exact) mass is 289 g/mol. The van der Waals surface area contributed by atoms with Crippen LogP contribution in [0.15, 0.2) is 22.7 Å². The number of ether oxygens (including phenoxy) is 1. The zero-order valence-corrected chi connectivity index (χ0v) is 13.0. The van der Waals surface area contributed by atoms with Crippen LogP contribution in [-0.4, -0.2) is 34.4 Å². The topological polar surface area (TPSA) is 43.4 Å². The highest BCUT2D eigenvalue weighted by Gasteiger charge is 2.28. The summed E-state index contributed by atoms with van der Waals surface area (Å²) >= 11 is 0. The summed E-state index contributed by atoms with van der Waals surface area (Å²) in [7, 11) is 1.98. The van der Waals surface area contributed by atoms with E-state index in [1.807, 2.05) is 31.6 Å². The van der Waals surface area contributed by atoms with Crippen molar-refractivity contribution in [3.8, 4) is 0 Å². The summed E-state index contributed by atoms with van der Waals surface area (Å²) in [6.45, 7) is 8.21. The maximum Gasteiger partial charge on any atom is 0.118 e. The molecule has 5 nitrogen and oxygen atoms in total. The van der Waals surface area contributed by atoms with Crippen molar-refractivity contribution in [1.82, 2.24) is 14.7 Å². The van der Waals surface area contributed by atoms with Crippen LogP contribution in [0.25, 0.3) is 0 Å². The van der Waals surface area contributed by atoms with Crippen LogP contribution in [0.4, 0.5) is 0 Å². The molecule has 1 aliphatic heterocycles. The number of furan rings is 1. The second kappa shape index (κ2) is 6.03. The van der Waals surface area contributed by atoms with Crippen molar-refractivity contribution >= 4 is 0 Å². The number of aryl methyl sites for hydroxylation is 2. The van der Waals surface area contributed by atoms with Crippen molar-refractivity contribution < 1.29 is 9.15 Å². The van der Waals surface area contributed by atoms with Crippen LogP contribution in [-0.2, 0) is 24.9 Å². The van der Waals surface area contributed by atoms with Gasteiger partial charge in [-0.2, -0.15) is 5.10 Å². The highest BCUT2D eigenvalue weighted by molar-refractivity contribution is 5.24. The molecule has 1 aliphatic rings. The number of aromatic nitrogens is 2. The largest absolute Gasteiger partial charge is 0.465 e. The first kappa shape index (κ1) is 14.4. The summed E-state index contributed by atoms with van der Waals surface area (Å²) in [5.74, 6) is 2.33. The van der Waals surface area contributed by atoms with E-state index in [9.17, 15) is 0 Å². The highest BCUT2D eigenvalue weighted by atomic mass is 16.5. The maximum absolute atomic E-state index is 5.70. The fourth-order valence-electron chi connectivity index (χ4n) is 3.03. The fraction of sp³-hybridized carbons (Fsp3) is 0.562. The van der Waals surface area contributed by atoms with Crippen LogP contribution in [0.1, 0.15) is 35.6 Å². The third kappa shape index (κ3) is 3.19. The molecule has 21 heavy (non-hydrogen) atoms. The number of hydrogen-bond donors (Lipinski definition) is 0. The van der Waals surface area contributed by atoms with Gasteiger partial charge < -0.3 is 9.15 Å². The molecule has 0 saturated carbocycles. The molecule has 2 aromatic heterocycles. The molecule has 3 rings (SSSR count). The molecule has 1 atom stereocenters. The van der Waals surface area contributed by atoms with E-state index in [-0.39, 0.29) is 0 Å². The van der Waals surface area contributed by atoms with E-state index in [2.05, 4.69) is 22.3 Å². The Kier molecular flexibility index (Phi) is 4.12. The minimum Gasteiger partial charge on any atom is -0.465 e. The van der Waals surface area contributed by atoms with Crippen molar-refractivity contribution in [1.29, 1.82) is 0 Å². The summed E-state index contributed by atoms with van der Waals surface area (Å²) < 4.78 is 13.3. The Morgan fingerprint density at radius 2 is 2.29 bits per heavy atom. The van der Waals surface area contributed by atoms with Gasteiger partial charge in [0.25, 0.3) is 0 Å². The van der Waals surface area contributed by atoms with Crippen molar-refractivity contribution in [3.05, 3.63) is 41.1 Å². The molecule has 114 valence electrons. The molecule has 0 aliphatic carbocycles. The summed E-state index contributed by atoms with van der Waals surface area (Å²) in [6.07, 6.45) is 2.12. The van der Waals surface area contributed by atoms with Gasteiger partial charge in [-0.15, -0.1) is 0 Å². The minimum absolute atomic E-state index is 0.339. The zero-order valence-electron chi connectivity index (χ0n) is 13.0. The summed E-state index contributed by atoms with van der Waals surface area (Å²) in [4.78, 5) is 2.41. The molecule has 0 amide bonds. The van der Waals surface area contributed by atoms with Gasteiger partial charge in [-0.3, -0.25) is 9.58 Å². The maximum atomic E-state index is 5.70. The smallest absolute Gasteiger partial charge is 0.118 e. The van der Waals surface area contributed by atoms with Gasteiger partial charge in [0.1, 0.15) is 11.5 Å². The SMILES string of the molecule is CCOC[C@@H]1CN(Cc2ccc(C)o2)Cc2cn(C)nc21. The van der Waals surface area contributed by atoms with Crippen LogP contribution in [0, 0.1) is 6.92 Å². The Bertz CT molecular complexity index is 602. The summed E-state index contributed by atoms with van der Waals surface area (Å²) in [5, 5.41) is 4.62. The molecule has 0 fully saturated rings. The van der Waals surface area contributed by atoms with E-state index in [0.717, 1.165) is 44.4 Å². The summed E-state index contributed by atoms with van der Waals surface area (Å²) in [5.41, 5.74) is 2.49. The van der Waals surface area contributed by atoms with Crippen molar-refractivity contribution in [3.63, 3.8) is 0 Å². The van der Waals surface area contributed by atoms with Gasteiger partial charge in [-0.05, 0) is 26.0 Å². The number of nitrogens with zero attached hydrogens (tertiary/aromatic N) is 3. The predicted octanol–water partition coefficient (Wildman–Crippen LogP) is 2.46. The standard InChI is InChI=1S/C16H23N3O2/c1-4-20-11-14-9-19(10-15-6-5-12(2)21-15)8-13-7-18(3)17-16(13)14/h5-7,14H,4,8-11H2,1-3H3/t14-/m0/s1. The molecule has 5 heteroatoms. The molecule has 2 aromatic rings. The molecule has 0 radical (unpaired) electrons. The molecule has 0 bridgehead atoms. The molecule has 0 N–H and O–H groups in total. The first-order chi connectivity index (χ1) is 10.2. The van der Waals surface area contributed by atoms with Crippen molar-refractivity contribution in [2.75, 3.05) is 19.8 Å². The van der Waals surface area contributed by atoms with E-state index in [0.29, 0.717) is 5.92 Å². The number of fused-ring (bicyclic) bond motifs is 1. The molecule has 0 spiro atoms. The fourth-order valence-corrected chi connectivity index (χ4v) is 3.03. The van der Waals surface area contributed by atoms with Crippen LogP contribution in [0.3, 0.4) is 0 Å². The van der Waals surface area contributed by atoms with E-state index in [1.165, 1.54) is 11.3 Å². The lowest BCUT2D eigenvalue weighted by Crippen LogP contribution is -2.34. The zero-order chi connectivity index (χ0) is 14.8. The second-order valence-corrected chi connectivity index (χ2v) is 5.75. The number of hydrogen-bond acceptors (Lipinski definition) is 4. The quantitative estimate of drug-likeness (QED) is 0.848. The van der Waals surface area contributed by atoms with Crippen molar-refractivity contribution in [2.45, 2.75) is 32.9 Å².